The normalized spacial score (nSPS) is 24.5. The molecule has 4 heterocycles. The molecular weight excluding hydrogens is 808 g/mol. The van der Waals surface area contributed by atoms with Gasteiger partial charge in [0.1, 0.15) is 23.7 Å². The maximum atomic E-state index is 14.0. The van der Waals surface area contributed by atoms with Crippen LogP contribution >= 0.6 is 11.6 Å². The summed E-state index contributed by atoms with van der Waals surface area (Å²) in [6, 6.07) is 19.3. The fraction of sp³-hybridized carbons (Fsp3) is 0.447. The van der Waals surface area contributed by atoms with E-state index in [1.54, 1.807) is 0 Å². The van der Waals surface area contributed by atoms with Crippen LogP contribution in [-0.2, 0) is 19.1 Å². The second kappa shape index (κ2) is 16.1. The number of halogens is 1. The zero-order chi connectivity index (χ0) is 43.7. The van der Waals surface area contributed by atoms with Crippen molar-refractivity contribution >= 4 is 46.4 Å². The second-order valence-corrected chi connectivity index (χ2v) is 18.5. The number of H-pyrrole nitrogens is 2. The van der Waals surface area contributed by atoms with E-state index in [2.05, 4.69) is 76.1 Å². The molecule has 5 aromatic rings. The zero-order valence-corrected chi connectivity index (χ0v) is 36.7. The molecule has 9 rings (SSSR count). The first-order valence-corrected chi connectivity index (χ1v) is 21.9. The Morgan fingerprint density at radius 3 is 1.92 bits per heavy atom. The molecule has 2 aromatic heterocycles. The molecule has 9 atom stereocenters. The van der Waals surface area contributed by atoms with Crippen LogP contribution in [0.3, 0.4) is 0 Å². The monoisotopic (exact) mass is 860 g/mol. The molecule has 15 heteroatoms. The average Bonchev–Trinajstić information content (AvgIpc) is 3.75. The third-order valence-corrected chi connectivity index (χ3v) is 13.9. The molecular formula is C47H53ClN8O6. The minimum atomic E-state index is -0.724. The number of rotatable bonds is 11. The lowest BCUT2D eigenvalue weighted by Crippen LogP contribution is -2.52. The van der Waals surface area contributed by atoms with Gasteiger partial charge in [-0.25, -0.2) is 19.6 Å². The first-order chi connectivity index (χ1) is 29.8. The molecule has 2 aliphatic heterocycles. The lowest BCUT2D eigenvalue weighted by Gasteiger charge is -2.32. The number of alkyl carbamates (subject to hydrolysis) is 2. The Morgan fingerprint density at radius 1 is 0.726 bits per heavy atom. The fourth-order valence-corrected chi connectivity index (χ4v) is 10.2. The summed E-state index contributed by atoms with van der Waals surface area (Å²) in [5.74, 6) is 2.09. The molecule has 324 valence electrons. The number of fused-ring (bicyclic) bond motifs is 3. The summed E-state index contributed by atoms with van der Waals surface area (Å²) in [7, 11) is 2.59. The first-order valence-electron chi connectivity index (χ1n) is 21.5. The maximum Gasteiger partial charge on any atom is 0.407 e. The van der Waals surface area contributed by atoms with E-state index < -0.39 is 24.3 Å². The number of imidazole rings is 2. The molecule has 3 aromatic carbocycles. The molecule has 2 aliphatic carbocycles. The topological polar surface area (TPSA) is 175 Å². The highest BCUT2D eigenvalue weighted by molar-refractivity contribution is 6.32. The van der Waals surface area contributed by atoms with E-state index in [4.69, 9.17) is 31.0 Å². The van der Waals surface area contributed by atoms with E-state index in [1.807, 2.05) is 55.8 Å². The van der Waals surface area contributed by atoms with Gasteiger partial charge in [-0.1, -0.05) is 94.8 Å². The molecule has 0 bridgehead atoms. The smallest absolute Gasteiger partial charge is 0.407 e. The van der Waals surface area contributed by atoms with E-state index in [0.29, 0.717) is 34.4 Å². The molecule has 4 fully saturated rings. The van der Waals surface area contributed by atoms with E-state index in [-0.39, 0.29) is 47.8 Å². The van der Waals surface area contributed by atoms with Crippen molar-refractivity contribution < 1.29 is 28.7 Å². The number of aromatic amines is 2. The summed E-state index contributed by atoms with van der Waals surface area (Å²) >= 11 is 6.79. The summed E-state index contributed by atoms with van der Waals surface area (Å²) in [4.78, 5) is 72.4. The van der Waals surface area contributed by atoms with Crippen molar-refractivity contribution in [3.05, 3.63) is 83.7 Å². The number of methoxy groups -OCH3 is 2. The molecule has 4 N–H and O–H groups in total. The van der Waals surface area contributed by atoms with Crippen molar-refractivity contribution in [3.63, 3.8) is 0 Å². The van der Waals surface area contributed by atoms with Gasteiger partial charge < -0.3 is 39.9 Å². The van der Waals surface area contributed by atoms with Crippen LogP contribution in [0.1, 0.15) is 77.6 Å². The van der Waals surface area contributed by atoms with Gasteiger partial charge in [0.15, 0.2) is 5.15 Å². The fourth-order valence-electron chi connectivity index (χ4n) is 9.99. The SMILES string of the molecule is COC(=O)N[C@H](C(=O)N1C2C(C)C2C[C@H]1c1nc(Cl)c(-c2ccc(-c3ccc4cc(-c5cnc([C@@H]6C[C@H]7C[C@H]7N6C(=O)[C@@H](NC(=O)OC)C(C)C)[nH]5)ccc4c3)cc2)[nH]1)C(C)C. The van der Waals surface area contributed by atoms with Gasteiger partial charge in [0, 0.05) is 23.2 Å². The van der Waals surface area contributed by atoms with Gasteiger partial charge in [-0.05, 0) is 82.9 Å². The maximum absolute atomic E-state index is 14.0. The molecule has 4 aliphatic rings. The summed E-state index contributed by atoms with van der Waals surface area (Å²) in [6.07, 6.45) is 3.17. The molecule has 62 heavy (non-hydrogen) atoms. The van der Waals surface area contributed by atoms with Crippen LogP contribution in [-0.4, -0.2) is 92.1 Å². The lowest BCUT2D eigenvalue weighted by atomic mass is 9.98. The van der Waals surface area contributed by atoms with Crippen molar-refractivity contribution in [2.75, 3.05) is 14.2 Å². The largest absolute Gasteiger partial charge is 0.453 e. The standard InChI is InChI=1S/C47H53ClN8O6/c1-22(2)37(52-46(59)61-6)44(57)55-34-18-31(34)19-35(55)42-49-21-33(50-42)30-15-14-28-16-27(12-13-29(28)17-30)25-8-10-26(11-9-25)39-41(48)54-43(51-39)36-20-32-24(5)40(32)56(36)45(58)38(23(3)4)53-47(60)62-7/h8-17,21-24,31-32,34-38,40H,18-20H2,1-7H3,(H,49,50)(H,51,54)(H,52,59)(H,53,60)/t24?,31-,32?,34-,35+,36+,37+,38+,40?/m1/s1. The molecule has 0 spiro atoms. The molecule has 2 saturated carbocycles. The Morgan fingerprint density at radius 2 is 1.29 bits per heavy atom. The second-order valence-electron chi connectivity index (χ2n) is 18.1. The van der Waals surface area contributed by atoms with Gasteiger partial charge in [-0.2, -0.15) is 0 Å². The highest BCUT2D eigenvalue weighted by Gasteiger charge is 2.62. The number of hydrogen-bond acceptors (Lipinski definition) is 8. The quantitative estimate of drug-likeness (QED) is 0.103. The molecule has 3 unspecified atom stereocenters. The van der Waals surface area contributed by atoms with E-state index in [9.17, 15) is 19.2 Å². The summed E-state index contributed by atoms with van der Waals surface area (Å²) in [6.45, 7) is 9.82. The minimum absolute atomic E-state index is 0.0894. The van der Waals surface area contributed by atoms with Crippen molar-refractivity contribution in [2.45, 2.75) is 90.1 Å². The van der Waals surface area contributed by atoms with Crippen molar-refractivity contribution in [1.82, 2.24) is 40.4 Å². The number of benzene rings is 3. The lowest BCUT2D eigenvalue weighted by molar-refractivity contribution is -0.137. The van der Waals surface area contributed by atoms with Gasteiger partial charge in [0.05, 0.1) is 43.9 Å². The Labute approximate surface area is 365 Å². The van der Waals surface area contributed by atoms with Gasteiger partial charge in [0.2, 0.25) is 11.8 Å². The third kappa shape index (κ3) is 7.45. The highest BCUT2D eigenvalue weighted by Crippen LogP contribution is 2.58. The Hall–Kier alpha value is -5.89. The van der Waals surface area contributed by atoms with Crippen LogP contribution in [0.4, 0.5) is 9.59 Å². The zero-order valence-electron chi connectivity index (χ0n) is 35.9. The predicted octanol–water partition coefficient (Wildman–Crippen LogP) is 8.27. The molecule has 14 nitrogen and oxygen atoms in total. The third-order valence-electron chi connectivity index (χ3n) is 13.6. The summed E-state index contributed by atoms with van der Waals surface area (Å²) in [5.41, 5.74) is 5.54. The number of likely N-dealkylation sites (tertiary alicyclic amines) is 2. The van der Waals surface area contributed by atoms with Crippen LogP contribution < -0.4 is 10.6 Å². The number of ether oxygens (including phenoxy) is 2. The number of nitrogens with one attached hydrogen (secondary N) is 4. The average molecular weight is 861 g/mol. The number of carbonyl (C=O) groups is 4. The van der Waals surface area contributed by atoms with E-state index in [1.165, 1.54) is 14.2 Å². The highest BCUT2D eigenvalue weighted by atomic mass is 35.5. The van der Waals surface area contributed by atoms with Crippen molar-refractivity contribution in [1.29, 1.82) is 0 Å². The Bertz CT molecular complexity index is 2550. The minimum Gasteiger partial charge on any atom is -0.453 e. The molecule has 2 saturated heterocycles. The Kier molecular flexibility index (Phi) is 10.8. The van der Waals surface area contributed by atoms with Crippen LogP contribution in [0.5, 0.6) is 0 Å². The van der Waals surface area contributed by atoms with Crippen molar-refractivity contribution in [2.24, 2.45) is 29.6 Å². The van der Waals surface area contributed by atoms with Gasteiger partial charge in [-0.3, -0.25) is 9.59 Å². The van der Waals surface area contributed by atoms with Crippen LogP contribution in [0.15, 0.2) is 66.9 Å². The van der Waals surface area contributed by atoms with E-state index >= 15 is 0 Å². The van der Waals surface area contributed by atoms with Crippen molar-refractivity contribution in [3.8, 4) is 33.6 Å². The Balaban J connectivity index is 0.897. The summed E-state index contributed by atoms with van der Waals surface area (Å²) in [5, 5.41) is 7.99. The number of aromatic nitrogens is 4. The number of nitrogens with zero attached hydrogens (tertiary/aromatic N) is 4. The van der Waals surface area contributed by atoms with Gasteiger partial charge in [0.25, 0.3) is 0 Å². The molecule has 4 amide bonds. The number of hydrogen-bond donors (Lipinski definition) is 4. The van der Waals surface area contributed by atoms with Crippen LogP contribution in [0, 0.1) is 29.6 Å². The number of piperidine rings is 2. The van der Waals surface area contributed by atoms with Gasteiger partial charge in [-0.15, -0.1) is 0 Å². The molecule has 0 radical (unpaired) electrons. The number of carbonyl (C=O) groups excluding carboxylic acids is 4. The predicted molar refractivity (Wildman–Crippen MR) is 235 cm³/mol. The van der Waals surface area contributed by atoms with E-state index in [0.717, 1.165) is 63.8 Å². The first kappa shape index (κ1) is 41.5. The number of amides is 4. The van der Waals surface area contributed by atoms with Crippen LogP contribution in [0.25, 0.3) is 44.4 Å². The summed E-state index contributed by atoms with van der Waals surface area (Å²) < 4.78 is 9.63. The van der Waals surface area contributed by atoms with Crippen LogP contribution in [0.2, 0.25) is 5.15 Å². The van der Waals surface area contributed by atoms with Gasteiger partial charge >= 0.3 is 12.2 Å².